The summed E-state index contributed by atoms with van der Waals surface area (Å²) in [6.45, 7) is 5.70. The van der Waals surface area contributed by atoms with Crippen molar-refractivity contribution in [3.63, 3.8) is 0 Å². The van der Waals surface area contributed by atoms with Crippen molar-refractivity contribution in [2.24, 2.45) is 5.84 Å². The van der Waals surface area contributed by atoms with E-state index in [0.29, 0.717) is 22.5 Å². The number of benzene rings is 1. The molecule has 19 heavy (non-hydrogen) atoms. The van der Waals surface area contributed by atoms with E-state index >= 15 is 0 Å². The zero-order valence-electron chi connectivity index (χ0n) is 11.1. The zero-order valence-corrected chi connectivity index (χ0v) is 11.8. The third-order valence-corrected chi connectivity index (χ3v) is 3.10. The van der Waals surface area contributed by atoms with Crippen LogP contribution in [0.15, 0.2) is 18.2 Å². The molecular formula is C13H16ClN5. The lowest BCUT2D eigenvalue weighted by Gasteiger charge is -2.13. The molecule has 2 aromatic rings. The summed E-state index contributed by atoms with van der Waals surface area (Å²) in [7, 11) is 0. The van der Waals surface area contributed by atoms with Crippen LogP contribution in [0.1, 0.15) is 17.0 Å². The van der Waals surface area contributed by atoms with Gasteiger partial charge in [-0.05, 0) is 38.5 Å². The highest BCUT2D eigenvalue weighted by Crippen LogP contribution is 2.28. The Balaban J connectivity index is 2.43. The van der Waals surface area contributed by atoms with Gasteiger partial charge in [0.25, 0.3) is 0 Å². The average molecular weight is 278 g/mol. The minimum absolute atomic E-state index is 0.596. The summed E-state index contributed by atoms with van der Waals surface area (Å²) >= 11 is 6.17. The molecule has 0 fully saturated rings. The van der Waals surface area contributed by atoms with E-state index in [1.165, 1.54) is 0 Å². The number of nitrogens with zero attached hydrogens (tertiary/aromatic N) is 2. The first-order valence-corrected chi connectivity index (χ1v) is 6.24. The van der Waals surface area contributed by atoms with Gasteiger partial charge in [-0.3, -0.25) is 0 Å². The third kappa shape index (κ3) is 2.94. The number of halogens is 1. The first-order chi connectivity index (χ1) is 9.01. The van der Waals surface area contributed by atoms with E-state index in [2.05, 4.69) is 20.7 Å². The Morgan fingerprint density at radius 3 is 2.47 bits per heavy atom. The fraction of sp³-hybridized carbons (Fsp3) is 0.231. The summed E-state index contributed by atoms with van der Waals surface area (Å²) in [6, 6.07) is 5.78. The molecule has 0 aliphatic heterocycles. The summed E-state index contributed by atoms with van der Waals surface area (Å²) < 4.78 is 0. The summed E-state index contributed by atoms with van der Waals surface area (Å²) in [4.78, 5) is 8.58. The Morgan fingerprint density at radius 1 is 1.11 bits per heavy atom. The minimum Gasteiger partial charge on any atom is -0.339 e. The number of anilines is 3. The maximum atomic E-state index is 6.17. The van der Waals surface area contributed by atoms with Crippen molar-refractivity contribution in [1.29, 1.82) is 0 Å². The lowest BCUT2D eigenvalue weighted by molar-refractivity contribution is 1.03. The molecule has 5 nitrogen and oxygen atoms in total. The second-order valence-corrected chi connectivity index (χ2v) is 4.75. The SMILES string of the molecule is Cc1ccc(Cl)c(Nc2nc(C)nc(NN)c2C)c1. The van der Waals surface area contributed by atoms with Gasteiger partial charge in [0.2, 0.25) is 0 Å². The Bertz CT molecular complexity index is 612. The van der Waals surface area contributed by atoms with E-state index in [4.69, 9.17) is 17.4 Å². The first-order valence-electron chi connectivity index (χ1n) is 5.86. The fourth-order valence-corrected chi connectivity index (χ4v) is 1.92. The number of nitrogen functional groups attached to an aromatic ring is 1. The van der Waals surface area contributed by atoms with Crippen molar-refractivity contribution in [1.82, 2.24) is 9.97 Å². The molecule has 0 spiro atoms. The van der Waals surface area contributed by atoms with Gasteiger partial charge in [-0.25, -0.2) is 15.8 Å². The summed E-state index contributed by atoms with van der Waals surface area (Å²) in [5, 5.41) is 3.86. The summed E-state index contributed by atoms with van der Waals surface area (Å²) in [5.74, 6) is 7.36. The topological polar surface area (TPSA) is 75.9 Å². The van der Waals surface area contributed by atoms with Crippen molar-refractivity contribution >= 4 is 28.9 Å². The average Bonchev–Trinajstić information content (AvgIpc) is 2.37. The number of nitrogens with one attached hydrogen (secondary N) is 2. The second kappa shape index (κ2) is 5.42. The Hall–Kier alpha value is -1.85. The van der Waals surface area contributed by atoms with Crippen LogP contribution in [0.3, 0.4) is 0 Å². The molecule has 0 bridgehead atoms. The van der Waals surface area contributed by atoms with Gasteiger partial charge in [0.15, 0.2) is 0 Å². The van der Waals surface area contributed by atoms with Crippen LogP contribution in [0.25, 0.3) is 0 Å². The lowest BCUT2D eigenvalue weighted by atomic mass is 10.2. The van der Waals surface area contributed by atoms with Crippen LogP contribution in [0.5, 0.6) is 0 Å². The smallest absolute Gasteiger partial charge is 0.148 e. The molecule has 0 radical (unpaired) electrons. The molecule has 1 heterocycles. The van der Waals surface area contributed by atoms with Gasteiger partial charge >= 0.3 is 0 Å². The van der Waals surface area contributed by atoms with Crippen LogP contribution >= 0.6 is 11.6 Å². The molecule has 0 saturated heterocycles. The molecule has 0 aliphatic rings. The van der Waals surface area contributed by atoms with Crippen LogP contribution in [0.4, 0.5) is 17.3 Å². The first kappa shape index (κ1) is 13.6. The molecule has 100 valence electrons. The Morgan fingerprint density at radius 2 is 1.79 bits per heavy atom. The molecule has 0 saturated carbocycles. The van der Waals surface area contributed by atoms with Gasteiger partial charge in [0.05, 0.1) is 10.7 Å². The number of hydrogen-bond acceptors (Lipinski definition) is 5. The van der Waals surface area contributed by atoms with E-state index in [9.17, 15) is 0 Å². The van der Waals surface area contributed by atoms with Crippen molar-refractivity contribution < 1.29 is 0 Å². The standard InChI is InChI=1S/C13H16ClN5/c1-7-4-5-10(14)11(6-7)18-12-8(2)13(19-15)17-9(3)16-12/h4-6H,15H2,1-3H3,(H2,16,17,18,19). The predicted octanol–water partition coefficient (Wildman–Crippen LogP) is 3.08. The van der Waals surface area contributed by atoms with Crippen molar-refractivity contribution in [2.75, 3.05) is 10.7 Å². The van der Waals surface area contributed by atoms with Crippen LogP contribution in [0, 0.1) is 20.8 Å². The van der Waals surface area contributed by atoms with Gasteiger partial charge in [-0.2, -0.15) is 0 Å². The van der Waals surface area contributed by atoms with Crippen molar-refractivity contribution in [2.45, 2.75) is 20.8 Å². The van der Waals surface area contributed by atoms with Crippen LogP contribution < -0.4 is 16.6 Å². The highest BCUT2D eigenvalue weighted by atomic mass is 35.5. The molecule has 4 N–H and O–H groups in total. The molecule has 2 rings (SSSR count). The maximum absolute atomic E-state index is 6.17. The van der Waals surface area contributed by atoms with Crippen molar-refractivity contribution in [3.05, 3.63) is 40.2 Å². The third-order valence-electron chi connectivity index (χ3n) is 2.77. The van der Waals surface area contributed by atoms with Gasteiger partial charge in [-0.1, -0.05) is 17.7 Å². The Labute approximate surface area is 117 Å². The predicted molar refractivity (Wildman–Crippen MR) is 78.8 cm³/mol. The molecule has 0 aliphatic carbocycles. The van der Waals surface area contributed by atoms with E-state index in [1.807, 2.05) is 39.0 Å². The number of hydrogen-bond donors (Lipinski definition) is 3. The van der Waals surface area contributed by atoms with Crippen LogP contribution in [-0.4, -0.2) is 9.97 Å². The van der Waals surface area contributed by atoms with E-state index in [1.54, 1.807) is 0 Å². The van der Waals surface area contributed by atoms with E-state index < -0.39 is 0 Å². The molecule has 0 amide bonds. The molecule has 6 heteroatoms. The number of aromatic nitrogens is 2. The number of nitrogens with two attached hydrogens (primary N) is 1. The number of aryl methyl sites for hydroxylation is 2. The quantitative estimate of drug-likeness (QED) is 0.594. The molecular weight excluding hydrogens is 262 g/mol. The maximum Gasteiger partial charge on any atom is 0.148 e. The van der Waals surface area contributed by atoms with Crippen LogP contribution in [-0.2, 0) is 0 Å². The van der Waals surface area contributed by atoms with Gasteiger partial charge in [0.1, 0.15) is 17.5 Å². The number of rotatable bonds is 3. The molecule has 0 unspecified atom stereocenters. The van der Waals surface area contributed by atoms with Crippen LogP contribution in [0.2, 0.25) is 5.02 Å². The minimum atomic E-state index is 0.596. The van der Waals surface area contributed by atoms with Gasteiger partial charge in [0, 0.05) is 5.56 Å². The second-order valence-electron chi connectivity index (χ2n) is 4.35. The Kier molecular flexibility index (Phi) is 3.87. The fourth-order valence-electron chi connectivity index (χ4n) is 1.75. The summed E-state index contributed by atoms with van der Waals surface area (Å²) in [6.07, 6.45) is 0. The van der Waals surface area contributed by atoms with E-state index in [-0.39, 0.29) is 0 Å². The zero-order chi connectivity index (χ0) is 14.0. The highest BCUT2D eigenvalue weighted by molar-refractivity contribution is 6.33. The van der Waals surface area contributed by atoms with E-state index in [0.717, 1.165) is 16.8 Å². The summed E-state index contributed by atoms with van der Waals surface area (Å²) in [5.41, 5.74) is 5.33. The normalized spacial score (nSPS) is 10.4. The van der Waals surface area contributed by atoms with Crippen molar-refractivity contribution in [3.8, 4) is 0 Å². The molecule has 1 aromatic carbocycles. The highest BCUT2D eigenvalue weighted by Gasteiger charge is 2.10. The largest absolute Gasteiger partial charge is 0.339 e. The molecule has 0 atom stereocenters. The molecule has 1 aromatic heterocycles. The number of hydrazine groups is 1. The lowest BCUT2D eigenvalue weighted by Crippen LogP contribution is -2.13. The van der Waals surface area contributed by atoms with Gasteiger partial charge < -0.3 is 10.7 Å². The monoisotopic (exact) mass is 277 g/mol. The van der Waals surface area contributed by atoms with Gasteiger partial charge in [-0.15, -0.1) is 0 Å².